The molecule has 0 aromatic rings. The van der Waals surface area contributed by atoms with Crippen molar-refractivity contribution in [1.82, 2.24) is 4.90 Å². The molecular formula is C9H16N2O3. The standard InChI is InChI=1S/C9H16N2O3/c1-6-5-11(8(6)12)7(9(13)14)3-2-4-10/h6-7H,2-5,10H2,1H3,(H,13,14)/t6?,7-/m0/s1. The van der Waals surface area contributed by atoms with Gasteiger partial charge in [0, 0.05) is 6.54 Å². The van der Waals surface area contributed by atoms with Gasteiger partial charge < -0.3 is 15.7 Å². The van der Waals surface area contributed by atoms with Gasteiger partial charge in [-0.05, 0) is 19.4 Å². The van der Waals surface area contributed by atoms with Crippen molar-refractivity contribution >= 4 is 11.9 Å². The average molecular weight is 200 g/mol. The first-order valence-corrected chi connectivity index (χ1v) is 4.81. The molecule has 1 unspecified atom stereocenters. The number of nitrogens with zero attached hydrogens (tertiary/aromatic N) is 1. The zero-order valence-corrected chi connectivity index (χ0v) is 8.27. The van der Waals surface area contributed by atoms with Gasteiger partial charge in [0.1, 0.15) is 6.04 Å². The lowest BCUT2D eigenvalue weighted by Gasteiger charge is -2.40. The highest BCUT2D eigenvalue weighted by molar-refractivity contribution is 5.89. The van der Waals surface area contributed by atoms with E-state index in [4.69, 9.17) is 10.8 Å². The van der Waals surface area contributed by atoms with Crippen LogP contribution in [0.5, 0.6) is 0 Å². The van der Waals surface area contributed by atoms with Crippen molar-refractivity contribution in [1.29, 1.82) is 0 Å². The Labute approximate surface area is 82.9 Å². The number of carboxylic acids is 1. The number of carbonyl (C=O) groups excluding carboxylic acids is 1. The summed E-state index contributed by atoms with van der Waals surface area (Å²) in [5, 5.41) is 8.90. The fraction of sp³-hybridized carbons (Fsp3) is 0.778. The van der Waals surface area contributed by atoms with Crippen LogP contribution < -0.4 is 5.73 Å². The Morgan fingerprint density at radius 2 is 2.43 bits per heavy atom. The van der Waals surface area contributed by atoms with Crippen LogP contribution in [0.15, 0.2) is 0 Å². The summed E-state index contributed by atoms with van der Waals surface area (Å²) in [7, 11) is 0. The van der Waals surface area contributed by atoms with Crippen LogP contribution in [0, 0.1) is 5.92 Å². The van der Waals surface area contributed by atoms with Gasteiger partial charge in [0.15, 0.2) is 0 Å². The fourth-order valence-electron chi connectivity index (χ4n) is 1.64. The van der Waals surface area contributed by atoms with Crippen LogP contribution in [0.25, 0.3) is 0 Å². The van der Waals surface area contributed by atoms with E-state index in [1.807, 2.05) is 0 Å². The maximum atomic E-state index is 11.3. The zero-order chi connectivity index (χ0) is 10.7. The van der Waals surface area contributed by atoms with Gasteiger partial charge in [-0.1, -0.05) is 6.92 Å². The Morgan fingerprint density at radius 1 is 1.79 bits per heavy atom. The predicted octanol–water partition coefficient (Wildman–Crippen LogP) is -0.343. The van der Waals surface area contributed by atoms with Gasteiger partial charge in [-0.2, -0.15) is 0 Å². The minimum atomic E-state index is -0.932. The molecule has 0 aromatic carbocycles. The second-order valence-electron chi connectivity index (χ2n) is 3.68. The summed E-state index contributed by atoms with van der Waals surface area (Å²) in [6.45, 7) is 2.82. The first kappa shape index (κ1) is 11.0. The largest absolute Gasteiger partial charge is 0.480 e. The summed E-state index contributed by atoms with van der Waals surface area (Å²) in [5.74, 6) is -1.01. The van der Waals surface area contributed by atoms with E-state index in [0.29, 0.717) is 25.9 Å². The minimum absolute atomic E-state index is 0.0188. The van der Waals surface area contributed by atoms with Crippen LogP contribution >= 0.6 is 0 Å². The maximum absolute atomic E-state index is 11.3. The molecule has 0 radical (unpaired) electrons. The normalized spacial score (nSPS) is 23.1. The van der Waals surface area contributed by atoms with Crippen LogP contribution in [0.4, 0.5) is 0 Å². The van der Waals surface area contributed by atoms with E-state index in [0.717, 1.165) is 0 Å². The Morgan fingerprint density at radius 3 is 2.79 bits per heavy atom. The van der Waals surface area contributed by atoms with Crippen LogP contribution in [0.1, 0.15) is 19.8 Å². The average Bonchev–Trinajstić information content (AvgIpc) is 2.16. The Kier molecular flexibility index (Phi) is 3.46. The molecule has 0 bridgehead atoms. The number of carboxylic acid groups (broad SMARTS) is 1. The van der Waals surface area contributed by atoms with Gasteiger partial charge in [0.2, 0.25) is 5.91 Å². The van der Waals surface area contributed by atoms with Crippen molar-refractivity contribution in [2.24, 2.45) is 11.7 Å². The van der Waals surface area contributed by atoms with Gasteiger partial charge >= 0.3 is 5.97 Å². The van der Waals surface area contributed by atoms with E-state index in [1.54, 1.807) is 6.92 Å². The molecule has 5 nitrogen and oxygen atoms in total. The minimum Gasteiger partial charge on any atom is -0.480 e. The molecule has 0 saturated carbocycles. The number of hydrogen-bond donors (Lipinski definition) is 2. The lowest BCUT2D eigenvalue weighted by Crippen LogP contribution is -2.58. The molecule has 0 aromatic heterocycles. The highest BCUT2D eigenvalue weighted by Gasteiger charge is 2.40. The Balaban J connectivity index is 2.51. The first-order valence-electron chi connectivity index (χ1n) is 4.81. The molecule has 1 heterocycles. The van der Waals surface area contributed by atoms with Gasteiger partial charge in [-0.3, -0.25) is 4.79 Å². The van der Waals surface area contributed by atoms with E-state index >= 15 is 0 Å². The second kappa shape index (κ2) is 4.41. The highest BCUT2D eigenvalue weighted by atomic mass is 16.4. The predicted molar refractivity (Wildman–Crippen MR) is 50.6 cm³/mol. The summed E-state index contributed by atoms with van der Waals surface area (Å²) in [6, 6.07) is -0.678. The third kappa shape index (κ3) is 2.04. The fourth-order valence-corrected chi connectivity index (χ4v) is 1.64. The highest BCUT2D eigenvalue weighted by Crippen LogP contribution is 2.22. The van der Waals surface area contributed by atoms with Gasteiger partial charge in [-0.25, -0.2) is 4.79 Å². The van der Waals surface area contributed by atoms with E-state index in [9.17, 15) is 9.59 Å². The molecule has 14 heavy (non-hydrogen) atoms. The van der Waals surface area contributed by atoms with Gasteiger partial charge in [-0.15, -0.1) is 0 Å². The van der Waals surface area contributed by atoms with E-state index < -0.39 is 12.0 Å². The third-order valence-electron chi connectivity index (χ3n) is 2.52. The number of hydrogen-bond acceptors (Lipinski definition) is 3. The number of β-lactam (4-membered cyclic amide) rings is 1. The number of rotatable bonds is 5. The summed E-state index contributed by atoms with van der Waals surface area (Å²) < 4.78 is 0. The van der Waals surface area contributed by atoms with E-state index in [2.05, 4.69) is 0 Å². The van der Waals surface area contributed by atoms with Gasteiger partial charge in [0.05, 0.1) is 5.92 Å². The molecule has 3 N–H and O–H groups in total. The SMILES string of the molecule is CC1CN([C@@H](CCCN)C(=O)O)C1=O. The summed E-state index contributed by atoms with van der Waals surface area (Å²) in [5.41, 5.74) is 5.30. The number of amides is 1. The summed E-state index contributed by atoms with van der Waals surface area (Å²) >= 11 is 0. The van der Waals surface area contributed by atoms with Crippen LogP contribution in [-0.2, 0) is 9.59 Å². The monoisotopic (exact) mass is 200 g/mol. The van der Waals surface area contributed by atoms with Crippen molar-refractivity contribution in [3.63, 3.8) is 0 Å². The maximum Gasteiger partial charge on any atom is 0.326 e. The molecule has 1 fully saturated rings. The number of carbonyl (C=O) groups is 2. The molecule has 0 spiro atoms. The lowest BCUT2D eigenvalue weighted by atomic mass is 9.96. The molecule has 80 valence electrons. The van der Waals surface area contributed by atoms with Crippen molar-refractivity contribution in [3.05, 3.63) is 0 Å². The molecule has 0 aliphatic carbocycles. The number of nitrogens with two attached hydrogens (primary N) is 1. The summed E-state index contributed by atoms with van der Waals surface area (Å²) in [6.07, 6.45) is 1.08. The quantitative estimate of drug-likeness (QED) is 0.594. The molecule has 5 heteroatoms. The van der Waals surface area contributed by atoms with Crippen LogP contribution in [0.2, 0.25) is 0 Å². The Bertz CT molecular complexity index is 242. The second-order valence-corrected chi connectivity index (χ2v) is 3.68. The van der Waals surface area contributed by atoms with Crippen LogP contribution in [-0.4, -0.2) is 41.0 Å². The molecular weight excluding hydrogens is 184 g/mol. The van der Waals surface area contributed by atoms with Crippen molar-refractivity contribution in [2.75, 3.05) is 13.1 Å². The van der Waals surface area contributed by atoms with Crippen molar-refractivity contribution < 1.29 is 14.7 Å². The third-order valence-corrected chi connectivity index (χ3v) is 2.52. The smallest absolute Gasteiger partial charge is 0.326 e. The molecule has 1 aliphatic heterocycles. The van der Waals surface area contributed by atoms with Crippen LogP contribution in [0.3, 0.4) is 0 Å². The van der Waals surface area contributed by atoms with E-state index in [-0.39, 0.29) is 11.8 Å². The number of likely N-dealkylation sites (tertiary alicyclic amines) is 1. The molecule has 1 aliphatic rings. The molecule has 1 amide bonds. The molecule has 2 atom stereocenters. The zero-order valence-electron chi connectivity index (χ0n) is 8.27. The Hall–Kier alpha value is -1.10. The first-order chi connectivity index (χ1) is 6.57. The summed E-state index contributed by atoms with van der Waals surface area (Å²) in [4.78, 5) is 23.6. The van der Waals surface area contributed by atoms with Gasteiger partial charge in [0.25, 0.3) is 0 Å². The topological polar surface area (TPSA) is 83.6 Å². The van der Waals surface area contributed by atoms with E-state index in [1.165, 1.54) is 4.90 Å². The molecule has 1 rings (SSSR count). The molecule has 1 saturated heterocycles. The lowest BCUT2D eigenvalue weighted by molar-refractivity contribution is -0.161. The van der Waals surface area contributed by atoms with Crippen molar-refractivity contribution in [2.45, 2.75) is 25.8 Å². The number of aliphatic carboxylic acids is 1. The van der Waals surface area contributed by atoms with Crippen molar-refractivity contribution in [3.8, 4) is 0 Å².